The van der Waals surface area contributed by atoms with Crippen LogP contribution in [0.3, 0.4) is 0 Å². The molecule has 1 atom stereocenters. The second-order valence-electron chi connectivity index (χ2n) is 22.9. The highest BCUT2D eigenvalue weighted by Gasteiger charge is 2.19. The Morgan fingerprint density at radius 1 is 0.268 bits per heavy atom. The summed E-state index contributed by atoms with van der Waals surface area (Å²) in [5.41, 5.74) is 0. The zero-order valence-corrected chi connectivity index (χ0v) is 48.7. The molecule has 0 heterocycles. The van der Waals surface area contributed by atoms with Crippen molar-refractivity contribution in [1.29, 1.82) is 0 Å². The van der Waals surface area contributed by atoms with E-state index in [9.17, 15) is 14.4 Å². The highest BCUT2D eigenvalue weighted by atomic mass is 16.6. The number of carbonyl (C=O) groups excluding carboxylic acids is 3. The van der Waals surface area contributed by atoms with E-state index < -0.39 is 6.10 Å². The molecule has 0 fully saturated rings. The molecule has 0 unspecified atom stereocenters. The molecule has 71 heavy (non-hydrogen) atoms. The van der Waals surface area contributed by atoms with Gasteiger partial charge in [0.15, 0.2) is 6.10 Å². The molecule has 0 radical (unpaired) electrons. The molecule has 0 aliphatic heterocycles. The van der Waals surface area contributed by atoms with Gasteiger partial charge in [-0.25, -0.2) is 0 Å². The molecule has 0 saturated carbocycles. The first kappa shape index (κ1) is 69.4. The van der Waals surface area contributed by atoms with E-state index >= 15 is 0 Å². The molecule has 0 rings (SSSR count). The van der Waals surface area contributed by atoms with E-state index in [1.165, 1.54) is 270 Å². The third-order valence-corrected chi connectivity index (χ3v) is 15.0. The number of carbonyl (C=O) groups is 3. The predicted molar refractivity (Wildman–Crippen MR) is 307 cm³/mol. The monoisotopic (exact) mass is 1000 g/mol. The Morgan fingerprint density at radius 2 is 0.465 bits per heavy atom. The standard InChI is InChI=1S/C65H126O6/c1-5-7-9-11-13-15-17-19-21-23-24-25-29-33-37-41-45-49-53-57-64(67)70-60-62(59-69-63(66)56-52-48-44-40-36-32-28-22-20-18-16-14-12-10-8-6-2)71-65(68)58-54-50-46-42-38-34-30-26-27-31-35-39-43-47-51-55-61(3)4/h61-62H,5-60H2,1-4H3/t62-/m0/s1. The molecule has 0 aliphatic rings. The van der Waals surface area contributed by atoms with Gasteiger partial charge in [-0.05, 0) is 25.2 Å². The molecule has 6 nitrogen and oxygen atoms in total. The molecular weight excluding hydrogens is 877 g/mol. The van der Waals surface area contributed by atoms with E-state index in [4.69, 9.17) is 14.2 Å². The van der Waals surface area contributed by atoms with Gasteiger partial charge in [0.05, 0.1) is 0 Å². The Morgan fingerprint density at radius 3 is 0.690 bits per heavy atom. The van der Waals surface area contributed by atoms with Gasteiger partial charge < -0.3 is 14.2 Å². The minimum absolute atomic E-state index is 0.0610. The molecular formula is C65H126O6. The second-order valence-corrected chi connectivity index (χ2v) is 22.9. The lowest BCUT2D eigenvalue weighted by Crippen LogP contribution is -2.30. The van der Waals surface area contributed by atoms with E-state index in [-0.39, 0.29) is 31.1 Å². The molecule has 6 heteroatoms. The summed E-state index contributed by atoms with van der Waals surface area (Å²) in [6, 6.07) is 0. The van der Waals surface area contributed by atoms with Crippen LogP contribution in [0.4, 0.5) is 0 Å². The van der Waals surface area contributed by atoms with Crippen LogP contribution >= 0.6 is 0 Å². The zero-order valence-electron chi connectivity index (χ0n) is 48.7. The van der Waals surface area contributed by atoms with Crippen molar-refractivity contribution in [2.75, 3.05) is 13.2 Å². The molecule has 0 bridgehead atoms. The highest BCUT2D eigenvalue weighted by molar-refractivity contribution is 5.71. The van der Waals surface area contributed by atoms with Gasteiger partial charge in [0.2, 0.25) is 0 Å². The predicted octanol–water partition coefficient (Wildman–Crippen LogP) is 21.7. The van der Waals surface area contributed by atoms with Crippen molar-refractivity contribution in [3.63, 3.8) is 0 Å². The first-order valence-corrected chi connectivity index (χ1v) is 32.4. The number of hydrogen-bond acceptors (Lipinski definition) is 6. The van der Waals surface area contributed by atoms with Gasteiger partial charge in [-0.2, -0.15) is 0 Å². The van der Waals surface area contributed by atoms with Crippen LogP contribution in [0, 0.1) is 5.92 Å². The lowest BCUT2D eigenvalue weighted by molar-refractivity contribution is -0.167. The summed E-state index contributed by atoms with van der Waals surface area (Å²) in [7, 11) is 0. The topological polar surface area (TPSA) is 78.9 Å². The van der Waals surface area contributed by atoms with Crippen LogP contribution in [0.15, 0.2) is 0 Å². The van der Waals surface area contributed by atoms with Gasteiger partial charge >= 0.3 is 17.9 Å². The van der Waals surface area contributed by atoms with Gasteiger partial charge in [0.25, 0.3) is 0 Å². The van der Waals surface area contributed by atoms with Gasteiger partial charge in [-0.15, -0.1) is 0 Å². The maximum absolute atomic E-state index is 12.9. The van der Waals surface area contributed by atoms with Crippen molar-refractivity contribution in [1.82, 2.24) is 0 Å². The molecule has 0 aliphatic carbocycles. The highest BCUT2D eigenvalue weighted by Crippen LogP contribution is 2.19. The van der Waals surface area contributed by atoms with Crippen LogP contribution in [0.25, 0.3) is 0 Å². The van der Waals surface area contributed by atoms with Crippen molar-refractivity contribution < 1.29 is 28.6 Å². The van der Waals surface area contributed by atoms with Gasteiger partial charge in [0.1, 0.15) is 13.2 Å². The first-order valence-electron chi connectivity index (χ1n) is 32.4. The first-order chi connectivity index (χ1) is 34.9. The Balaban J connectivity index is 4.28. The fourth-order valence-corrected chi connectivity index (χ4v) is 10.2. The Kier molecular flexibility index (Phi) is 58.0. The van der Waals surface area contributed by atoms with E-state index in [0.29, 0.717) is 19.3 Å². The minimum atomic E-state index is -0.763. The number of hydrogen-bond donors (Lipinski definition) is 0. The summed E-state index contributed by atoms with van der Waals surface area (Å²) in [6.45, 7) is 9.10. The summed E-state index contributed by atoms with van der Waals surface area (Å²) < 4.78 is 17.0. The van der Waals surface area contributed by atoms with Gasteiger partial charge in [-0.1, -0.05) is 336 Å². The van der Waals surface area contributed by atoms with E-state index in [1.54, 1.807) is 0 Å². The fraction of sp³-hybridized carbons (Fsp3) is 0.954. The van der Waals surface area contributed by atoms with E-state index in [1.807, 2.05) is 0 Å². The van der Waals surface area contributed by atoms with Crippen molar-refractivity contribution in [3.05, 3.63) is 0 Å². The molecule has 0 aromatic heterocycles. The fourth-order valence-electron chi connectivity index (χ4n) is 10.2. The quantitative estimate of drug-likeness (QED) is 0.0343. The molecule has 0 aromatic rings. The van der Waals surface area contributed by atoms with Gasteiger partial charge in [0, 0.05) is 19.3 Å². The Labute approximate surface area is 444 Å². The van der Waals surface area contributed by atoms with Crippen LogP contribution in [-0.4, -0.2) is 37.2 Å². The average Bonchev–Trinajstić information content (AvgIpc) is 3.36. The minimum Gasteiger partial charge on any atom is -0.462 e. The van der Waals surface area contributed by atoms with Crippen LogP contribution in [0.1, 0.15) is 374 Å². The third-order valence-electron chi connectivity index (χ3n) is 15.0. The van der Waals surface area contributed by atoms with Crippen molar-refractivity contribution in [2.24, 2.45) is 5.92 Å². The molecule has 0 spiro atoms. The molecule has 0 N–H and O–H groups in total. The summed E-state index contributed by atoms with van der Waals surface area (Å²) in [6.07, 6.45) is 66.8. The van der Waals surface area contributed by atoms with Crippen molar-refractivity contribution >= 4 is 17.9 Å². The number of ether oxygens (including phenoxy) is 3. The van der Waals surface area contributed by atoms with Crippen LogP contribution in [-0.2, 0) is 28.6 Å². The largest absolute Gasteiger partial charge is 0.462 e. The lowest BCUT2D eigenvalue weighted by atomic mass is 10.0. The van der Waals surface area contributed by atoms with Crippen molar-refractivity contribution in [3.8, 4) is 0 Å². The normalized spacial score (nSPS) is 12.0. The second kappa shape index (κ2) is 59.3. The van der Waals surface area contributed by atoms with Crippen LogP contribution < -0.4 is 0 Å². The molecule has 0 amide bonds. The van der Waals surface area contributed by atoms with E-state index in [0.717, 1.165) is 63.7 Å². The van der Waals surface area contributed by atoms with E-state index in [2.05, 4.69) is 27.7 Å². The Bertz CT molecular complexity index is 1070. The summed E-state index contributed by atoms with van der Waals surface area (Å²) in [4.78, 5) is 38.3. The summed E-state index contributed by atoms with van der Waals surface area (Å²) in [5.74, 6) is 0.0217. The number of esters is 3. The Hall–Kier alpha value is -1.59. The number of rotatable bonds is 60. The zero-order chi connectivity index (χ0) is 51.6. The average molecular weight is 1000 g/mol. The molecule has 422 valence electrons. The van der Waals surface area contributed by atoms with Crippen LogP contribution in [0.2, 0.25) is 0 Å². The smallest absolute Gasteiger partial charge is 0.306 e. The van der Waals surface area contributed by atoms with Crippen LogP contribution in [0.5, 0.6) is 0 Å². The van der Waals surface area contributed by atoms with Gasteiger partial charge in [-0.3, -0.25) is 14.4 Å². The lowest BCUT2D eigenvalue weighted by Gasteiger charge is -2.18. The number of unbranched alkanes of at least 4 members (excludes halogenated alkanes) is 47. The molecule has 0 saturated heterocycles. The maximum atomic E-state index is 12.9. The summed E-state index contributed by atoms with van der Waals surface area (Å²) >= 11 is 0. The maximum Gasteiger partial charge on any atom is 0.306 e. The SMILES string of the molecule is CCCCCCCCCCCCCCCCCCCCCC(=O)OC[C@H](COC(=O)CCCCCCCCCCCCCCCCCC)OC(=O)CCCCCCCCCCCCCCCCCC(C)C. The van der Waals surface area contributed by atoms with Crippen molar-refractivity contribution in [2.45, 2.75) is 381 Å². The molecule has 0 aromatic carbocycles. The summed E-state index contributed by atoms with van der Waals surface area (Å²) in [5, 5.41) is 0. The third kappa shape index (κ3) is 59.2.